The fourth-order valence-corrected chi connectivity index (χ4v) is 4.00. The second-order valence-corrected chi connectivity index (χ2v) is 7.46. The minimum atomic E-state index is -3.75. The Hall–Kier alpha value is -2.41. The molecule has 8 nitrogen and oxygen atoms in total. The van der Waals surface area contributed by atoms with Crippen LogP contribution in [-0.4, -0.2) is 64.1 Å². The van der Waals surface area contributed by atoms with Crippen molar-refractivity contribution >= 4 is 21.9 Å². The first-order valence-corrected chi connectivity index (χ1v) is 9.36. The number of ether oxygens (including phenoxy) is 2. The third kappa shape index (κ3) is 4.82. The molecule has 26 heavy (non-hydrogen) atoms. The number of benzene rings is 1. The van der Waals surface area contributed by atoms with Gasteiger partial charge in [-0.3, -0.25) is 4.79 Å². The van der Waals surface area contributed by atoms with Gasteiger partial charge in [-0.1, -0.05) is 12.0 Å². The van der Waals surface area contributed by atoms with Gasteiger partial charge in [-0.05, 0) is 24.6 Å². The maximum atomic E-state index is 12.8. The lowest BCUT2D eigenvalue weighted by molar-refractivity contribution is -0.123. The Morgan fingerprint density at radius 1 is 1.35 bits per heavy atom. The number of nitrogens with one attached hydrogen (secondary N) is 1. The zero-order chi connectivity index (χ0) is 19.2. The fourth-order valence-electron chi connectivity index (χ4n) is 2.35. The van der Waals surface area contributed by atoms with Gasteiger partial charge in [0.1, 0.15) is 0 Å². The molecular formula is C17H20N2O6S. The van der Waals surface area contributed by atoms with Gasteiger partial charge in [0.05, 0.1) is 30.2 Å². The first-order valence-electron chi connectivity index (χ1n) is 7.92. The maximum absolute atomic E-state index is 12.8. The highest BCUT2D eigenvalue weighted by Gasteiger charge is 2.28. The average Bonchev–Trinajstić information content (AvgIpc) is 2.65. The number of esters is 1. The Morgan fingerprint density at radius 3 is 2.69 bits per heavy atom. The monoisotopic (exact) mass is 380 g/mol. The highest BCUT2D eigenvalue weighted by Crippen LogP contribution is 2.22. The second-order valence-electron chi connectivity index (χ2n) is 5.55. The van der Waals surface area contributed by atoms with Crippen LogP contribution in [0.1, 0.15) is 15.9 Å². The summed E-state index contributed by atoms with van der Waals surface area (Å²) in [4.78, 5) is 23.6. The summed E-state index contributed by atoms with van der Waals surface area (Å²) in [5.41, 5.74) is 0.562. The molecule has 2 rings (SSSR count). The number of aryl methyl sites for hydroxylation is 1. The molecule has 1 heterocycles. The lowest BCUT2D eigenvalue weighted by Gasteiger charge is -2.26. The van der Waals surface area contributed by atoms with Crippen molar-refractivity contribution in [2.75, 3.05) is 39.5 Å². The topological polar surface area (TPSA) is 102 Å². The van der Waals surface area contributed by atoms with Gasteiger partial charge in [-0.2, -0.15) is 4.31 Å². The van der Waals surface area contributed by atoms with E-state index < -0.39 is 28.5 Å². The summed E-state index contributed by atoms with van der Waals surface area (Å²) in [6.45, 7) is 2.34. The summed E-state index contributed by atoms with van der Waals surface area (Å²) in [5, 5.41) is 2.36. The molecule has 1 N–H and O–H groups in total. The molecule has 1 aromatic carbocycles. The molecule has 0 radical (unpaired) electrons. The molecule has 0 atom stereocenters. The molecule has 0 bridgehead atoms. The van der Waals surface area contributed by atoms with Crippen molar-refractivity contribution in [2.45, 2.75) is 11.8 Å². The molecule has 1 aromatic rings. The van der Waals surface area contributed by atoms with Gasteiger partial charge < -0.3 is 14.8 Å². The number of morpholine rings is 1. The molecule has 1 aliphatic rings. The standard InChI is InChI=1S/C17H20N2O6S/c1-3-6-18-16(20)12-25-17(21)14-5-4-13(2)15(11-14)26(22,23)19-7-9-24-10-8-19/h1,4-5,11H,6-10,12H2,2H3,(H,18,20). The van der Waals surface area contributed by atoms with Crippen molar-refractivity contribution in [1.29, 1.82) is 0 Å². The number of amides is 1. The zero-order valence-electron chi connectivity index (χ0n) is 14.4. The average molecular weight is 380 g/mol. The van der Waals surface area contributed by atoms with E-state index in [4.69, 9.17) is 15.9 Å². The van der Waals surface area contributed by atoms with Crippen LogP contribution in [0.3, 0.4) is 0 Å². The quantitative estimate of drug-likeness (QED) is 0.547. The van der Waals surface area contributed by atoms with E-state index in [1.54, 1.807) is 6.92 Å². The van der Waals surface area contributed by atoms with E-state index in [0.717, 1.165) is 0 Å². The van der Waals surface area contributed by atoms with Crippen LogP contribution in [-0.2, 0) is 24.3 Å². The Bertz CT molecular complexity index is 822. The van der Waals surface area contributed by atoms with E-state index in [-0.39, 0.29) is 30.1 Å². The summed E-state index contributed by atoms with van der Waals surface area (Å²) in [6.07, 6.45) is 5.02. The minimum Gasteiger partial charge on any atom is -0.452 e. The van der Waals surface area contributed by atoms with Gasteiger partial charge in [0.25, 0.3) is 5.91 Å². The Morgan fingerprint density at radius 2 is 2.04 bits per heavy atom. The van der Waals surface area contributed by atoms with Crippen LogP contribution in [0.2, 0.25) is 0 Å². The summed E-state index contributed by atoms with van der Waals surface area (Å²) in [7, 11) is -3.75. The number of sulfonamides is 1. The number of hydrogen-bond donors (Lipinski definition) is 1. The molecule has 1 aliphatic heterocycles. The molecule has 9 heteroatoms. The SMILES string of the molecule is C#CCNC(=O)COC(=O)c1ccc(C)c(S(=O)(=O)N2CCOCC2)c1. The van der Waals surface area contributed by atoms with Crippen molar-refractivity contribution in [1.82, 2.24) is 9.62 Å². The summed E-state index contributed by atoms with van der Waals surface area (Å²) in [5.74, 6) is 0.897. The van der Waals surface area contributed by atoms with Crippen molar-refractivity contribution in [3.63, 3.8) is 0 Å². The predicted molar refractivity (Wildman–Crippen MR) is 92.9 cm³/mol. The van der Waals surface area contributed by atoms with Crippen LogP contribution in [0.5, 0.6) is 0 Å². The number of terminal acetylenes is 1. The lowest BCUT2D eigenvalue weighted by atomic mass is 10.1. The summed E-state index contributed by atoms with van der Waals surface area (Å²) >= 11 is 0. The van der Waals surface area contributed by atoms with Gasteiger partial charge in [-0.15, -0.1) is 6.42 Å². The van der Waals surface area contributed by atoms with E-state index in [1.165, 1.54) is 22.5 Å². The third-order valence-electron chi connectivity index (χ3n) is 3.73. The van der Waals surface area contributed by atoms with Gasteiger partial charge >= 0.3 is 5.97 Å². The predicted octanol–water partition coefficient (Wildman–Crippen LogP) is -0.0779. The number of carbonyl (C=O) groups is 2. The van der Waals surface area contributed by atoms with Crippen LogP contribution in [0.4, 0.5) is 0 Å². The van der Waals surface area contributed by atoms with E-state index >= 15 is 0 Å². The van der Waals surface area contributed by atoms with Crippen molar-refractivity contribution in [2.24, 2.45) is 0 Å². The molecule has 0 spiro atoms. The highest BCUT2D eigenvalue weighted by atomic mass is 32.2. The molecular weight excluding hydrogens is 360 g/mol. The molecule has 1 saturated heterocycles. The highest BCUT2D eigenvalue weighted by molar-refractivity contribution is 7.89. The summed E-state index contributed by atoms with van der Waals surface area (Å²) < 4.78 is 37.0. The van der Waals surface area contributed by atoms with Crippen LogP contribution >= 0.6 is 0 Å². The van der Waals surface area contributed by atoms with E-state index in [1.807, 2.05) is 0 Å². The number of hydrogen-bond acceptors (Lipinski definition) is 6. The zero-order valence-corrected chi connectivity index (χ0v) is 15.2. The minimum absolute atomic E-state index is 0.0306. The Labute approximate surface area is 152 Å². The van der Waals surface area contributed by atoms with Gasteiger partial charge in [-0.25, -0.2) is 13.2 Å². The fraction of sp³-hybridized carbons (Fsp3) is 0.412. The molecule has 1 amide bonds. The van der Waals surface area contributed by atoms with E-state index in [0.29, 0.717) is 18.8 Å². The lowest BCUT2D eigenvalue weighted by Crippen LogP contribution is -2.40. The molecule has 0 aliphatic carbocycles. The maximum Gasteiger partial charge on any atom is 0.338 e. The van der Waals surface area contributed by atoms with E-state index in [2.05, 4.69) is 11.2 Å². The molecule has 0 unspecified atom stereocenters. The van der Waals surface area contributed by atoms with Gasteiger partial charge in [0, 0.05) is 13.1 Å². The van der Waals surface area contributed by atoms with Crippen molar-refractivity contribution < 1.29 is 27.5 Å². The van der Waals surface area contributed by atoms with Crippen LogP contribution in [0, 0.1) is 19.3 Å². The Balaban J connectivity index is 2.15. The van der Waals surface area contributed by atoms with Crippen LogP contribution < -0.4 is 5.32 Å². The number of carbonyl (C=O) groups excluding carboxylic acids is 2. The summed E-state index contributed by atoms with van der Waals surface area (Å²) in [6, 6.07) is 4.25. The molecule has 140 valence electrons. The normalized spacial score (nSPS) is 15.1. The second kappa shape index (κ2) is 8.80. The smallest absolute Gasteiger partial charge is 0.338 e. The van der Waals surface area contributed by atoms with Gasteiger partial charge in [0.15, 0.2) is 6.61 Å². The van der Waals surface area contributed by atoms with Crippen molar-refractivity contribution in [3.8, 4) is 12.3 Å². The molecule has 1 fully saturated rings. The number of nitrogens with zero attached hydrogens (tertiary/aromatic N) is 1. The molecule has 0 saturated carbocycles. The first-order chi connectivity index (χ1) is 12.4. The van der Waals surface area contributed by atoms with Crippen LogP contribution in [0.25, 0.3) is 0 Å². The third-order valence-corrected chi connectivity index (χ3v) is 5.77. The first kappa shape index (κ1) is 19.9. The Kier molecular flexibility index (Phi) is 6.74. The van der Waals surface area contributed by atoms with E-state index in [9.17, 15) is 18.0 Å². The van der Waals surface area contributed by atoms with Crippen LogP contribution in [0.15, 0.2) is 23.1 Å². The van der Waals surface area contributed by atoms with Crippen molar-refractivity contribution in [3.05, 3.63) is 29.3 Å². The van der Waals surface area contributed by atoms with Gasteiger partial charge in [0.2, 0.25) is 10.0 Å². The largest absolute Gasteiger partial charge is 0.452 e. The number of rotatable bonds is 6. The molecule has 0 aromatic heterocycles.